The minimum absolute atomic E-state index is 0.186. The van der Waals surface area contributed by atoms with E-state index in [-0.39, 0.29) is 12.1 Å². The van der Waals surface area contributed by atoms with E-state index in [0.29, 0.717) is 5.56 Å². The second-order valence-corrected chi connectivity index (χ2v) is 11.6. The van der Waals surface area contributed by atoms with Crippen LogP contribution in [-0.2, 0) is 29.1 Å². The maximum Gasteiger partial charge on any atom is 0.337 e. The van der Waals surface area contributed by atoms with Crippen molar-refractivity contribution in [3.05, 3.63) is 82.3 Å². The molecule has 6 rings (SSSR count). The Kier molecular flexibility index (Phi) is 8.44. The van der Waals surface area contributed by atoms with Crippen molar-refractivity contribution in [2.45, 2.75) is 39.1 Å². The summed E-state index contributed by atoms with van der Waals surface area (Å²) in [5.74, 6) is 1.54. The molecule has 42 heavy (non-hydrogen) atoms. The molecule has 2 aliphatic heterocycles. The number of ether oxygens (including phenoxy) is 2. The monoisotopic (exact) mass is 588 g/mol. The van der Waals surface area contributed by atoms with Crippen LogP contribution in [0.4, 0.5) is 11.5 Å². The average molecular weight is 589 g/mol. The number of halogens is 1. The predicted molar refractivity (Wildman–Crippen MR) is 164 cm³/mol. The van der Waals surface area contributed by atoms with Crippen LogP contribution in [0.3, 0.4) is 0 Å². The SMILES string of the molecule is COC(=O)c1ccc2nc(CN3CCN(Cc4ccnc(N(C)c5ccc(C)cc5Cl)c4)CC3)n(C[C@@H]3CCO3)c2c1. The van der Waals surface area contributed by atoms with E-state index in [9.17, 15) is 4.79 Å². The third-order valence-corrected chi connectivity index (χ3v) is 8.58. The quantitative estimate of drug-likeness (QED) is 0.251. The van der Waals surface area contributed by atoms with Gasteiger partial charge in [0.05, 0.1) is 53.6 Å². The van der Waals surface area contributed by atoms with Gasteiger partial charge in [-0.2, -0.15) is 0 Å². The van der Waals surface area contributed by atoms with Crippen molar-refractivity contribution < 1.29 is 14.3 Å². The zero-order chi connectivity index (χ0) is 29.2. The van der Waals surface area contributed by atoms with Gasteiger partial charge >= 0.3 is 5.97 Å². The van der Waals surface area contributed by atoms with Gasteiger partial charge in [0.2, 0.25) is 0 Å². The van der Waals surface area contributed by atoms with Crippen LogP contribution >= 0.6 is 11.6 Å². The van der Waals surface area contributed by atoms with Crippen molar-refractivity contribution in [3.8, 4) is 0 Å². The number of imidazole rings is 1. The maximum atomic E-state index is 12.2. The molecule has 1 atom stereocenters. The Morgan fingerprint density at radius 3 is 2.52 bits per heavy atom. The fraction of sp³-hybridized carbons (Fsp3) is 0.406. The van der Waals surface area contributed by atoms with E-state index >= 15 is 0 Å². The molecular formula is C32H37ClN6O3. The van der Waals surface area contributed by atoms with Gasteiger partial charge < -0.3 is 18.9 Å². The summed E-state index contributed by atoms with van der Waals surface area (Å²) in [5, 5.41) is 0.721. The Labute approximate surface area is 251 Å². The number of benzene rings is 2. The van der Waals surface area contributed by atoms with Crippen LogP contribution in [0.1, 0.15) is 33.7 Å². The summed E-state index contributed by atoms with van der Waals surface area (Å²) in [6.07, 6.45) is 3.10. The molecule has 0 N–H and O–H groups in total. The van der Waals surface area contributed by atoms with Crippen molar-refractivity contribution in [3.63, 3.8) is 0 Å². The molecule has 2 aromatic carbocycles. The molecule has 2 fully saturated rings. The number of rotatable bonds is 9. The van der Waals surface area contributed by atoms with Crippen molar-refractivity contribution in [1.82, 2.24) is 24.3 Å². The second-order valence-electron chi connectivity index (χ2n) is 11.2. The molecule has 2 aromatic heterocycles. The average Bonchev–Trinajstić information content (AvgIpc) is 3.31. The number of esters is 1. The molecule has 0 spiro atoms. The van der Waals surface area contributed by atoms with Crippen molar-refractivity contribution in [2.24, 2.45) is 0 Å². The number of hydrogen-bond acceptors (Lipinski definition) is 8. The lowest BCUT2D eigenvalue weighted by molar-refractivity contribution is -0.0592. The van der Waals surface area contributed by atoms with Gasteiger partial charge in [0.15, 0.2) is 0 Å². The lowest BCUT2D eigenvalue weighted by Crippen LogP contribution is -2.45. The summed E-state index contributed by atoms with van der Waals surface area (Å²) in [5.41, 5.74) is 5.68. The topological polar surface area (TPSA) is 76.0 Å². The first-order valence-electron chi connectivity index (χ1n) is 14.5. The van der Waals surface area contributed by atoms with Crippen LogP contribution in [0.25, 0.3) is 11.0 Å². The van der Waals surface area contributed by atoms with Crippen molar-refractivity contribution >= 4 is 40.1 Å². The molecule has 4 aromatic rings. The van der Waals surface area contributed by atoms with Crippen LogP contribution in [-0.4, -0.2) is 83.4 Å². The molecule has 0 saturated carbocycles. The second kappa shape index (κ2) is 12.4. The summed E-state index contributed by atoms with van der Waals surface area (Å²) >= 11 is 6.52. The van der Waals surface area contributed by atoms with Crippen LogP contribution in [0.5, 0.6) is 0 Å². The Morgan fingerprint density at radius 2 is 1.83 bits per heavy atom. The Balaban J connectivity index is 1.11. The summed E-state index contributed by atoms with van der Waals surface area (Å²) < 4.78 is 12.9. The molecule has 2 aliphatic rings. The number of fused-ring (bicyclic) bond motifs is 1. The third-order valence-electron chi connectivity index (χ3n) is 8.28. The summed E-state index contributed by atoms with van der Waals surface area (Å²) in [6.45, 7) is 9.04. The van der Waals surface area contributed by atoms with Gasteiger partial charge in [-0.3, -0.25) is 9.80 Å². The predicted octanol–water partition coefficient (Wildman–Crippen LogP) is 5.05. The van der Waals surface area contributed by atoms with E-state index in [2.05, 4.69) is 37.5 Å². The highest BCUT2D eigenvalue weighted by atomic mass is 35.5. The molecular weight excluding hydrogens is 552 g/mol. The van der Waals surface area contributed by atoms with Crippen LogP contribution < -0.4 is 4.90 Å². The minimum atomic E-state index is -0.339. The molecule has 0 amide bonds. The minimum Gasteiger partial charge on any atom is -0.465 e. The van der Waals surface area contributed by atoms with Crippen LogP contribution in [0.15, 0.2) is 54.7 Å². The first-order chi connectivity index (χ1) is 20.4. The van der Waals surface area contributed by atoms with E-state index in [0.717, 1.165) is 97.8 Å². The van der Waals surface area contributed by atoms with Gasteiger partial charge in [-0.05, 0) is 66.9 Å². The van der Waals surface area contributed by atoms with E-state index in [4.69, 9.17) is 26.1 Å². The molecule has 4 heterocycles. The number of methoxy groups -OCH3 is 1. The lowest BCUT2D eigenvalue weighted by Gasteiger charge is -2.35. The first kappa shape index (κ1) is 28.6. The molecule has 220 valence electrons. The number of hydrogen-bond donors (Lipinski definition) is 0. The molecule has 0 radical (unpaired) electrons. The van der Waals surface area contributed by atoms with Crippen LogP contribution in [0.2, 0.25) is 5.02 Å². The number of aryl methyl sites for hydroxylation is 1. The van der Waals surface area contributed by atoms with Gasteiger partial charge in [0.1, 0.15) is 11.6 Å². The van der Waals surface area contributed by atoms with Gasteiger partial charge in [-0.25, -0.2) is 14.8 Å². The van der Waals surface area contributed by atoms with Crippen molar-refractivity contribution in [2.75, 3.05) is 51.8 Å². The lowest BCUT2D eigenvalue weighted by atomic mass is 10.1. The fourth-order valence-electron chi connectivity index (χ4n) is 5.69. The van der Waals surface area contributed by atoms with Gasteiger partial charge in [-0.15, -0.1) is 0 Å². The third kappa shape index (κ3) is 6.15. The standard InChI is InChI=1S/C32H37ClN6O3/c1-22-4-7-28(26(33)16-22)36(2)30-17-23(8-10-34-30)19-37-11-13-38(14-12-37)21-31-35-27-6-5-24(32(40)41-3)18-29(27)39(31)20-25-9-15-42-25/h4-8,10,16-18,25H,9,11-15,19-21H2,1-3H3/t25-/m0/s1. The van der Waals surface area contributed by atoms with Crippen molar-refractivity contribution in [1.29, 1.82) is 0 Å². The zero-order valence-electron chi connectivity index (χ0n) is 24.4. The van der Waals surface area contributed by atoms with E-state index in [1.54, 1.807) is 6.07 Å². The Morgan fingerprint density at radius 1 is 1.07 bits per heavy atom. The largest absolute Gasteiger partial charge is 0.465 e. The smallest absolute Gasteiger partial charge is 0.337 e. The van der Waals surface area contributed by atoms with E-state index in [1.807, 2.05) is 49.3 Å². The number of nitrogens with zero attached hydrogens (tertiary/aromatic N) is 6. The fourth-order valence-corrected chi connectivity index (χ4v) is 6.05. The highest BCUT2D eigenvalue weighted by Crippen LogP contribution is 2.31. The molecule has 2 saturated heterocycles. The Bertz CT molecular complexity index is 1580. The normalized spacial score (nSPS) is 17.8. The number of piperazine rings is 1. The van der Waals surface area contributed by atoms with Gasteiger partial charge in [0, 0.05) is 52.6 Å². The highest BCUT2D eigenvalue weighted by Gasteiger charge is 2.25. The van der Waals surface area contributed by atoms with Crippen LogP contribution in [0, 0.1) is 6.92 Å². The number of pyridine rings is 1. The van der Waals surface area contributed by atoms with E-state index < -0.39 is 0 Å². The molecule has 9 nitrogen and oxygen atoms in total. The Hall–Kier alpha value is -3.50. The summed E-state index contributed by atoms with van der Waals surface area (Å²) in [6, 6.07) is 15.9. The first-order valence-corrected chi connectivity index (χ1v) is 14.8. The number of carbonyl (C=O) groups excluding carboxylic acids is 1. The maximum absolute atomic E-state index is 12.2. The molecule has 0 bridgehead atoms. The number of anilines is 2. The molecule has 0 aliphatic carbocycles. The highest BCUT2D eigenvalue weighted by molar-refractivity contribution is 6.33. The summed E-state index contributed by atoms with van der Waals surface area (Å²) in [7, 11) is 3.41. The summed E-state index contributed by atoms with van der Waals surface area (Å²) in [4.78, 5) is 28.7. The number of aromatic nitrogens is 3. The molecule has 10 heteroatoms. The molecule has 0 unspecified atom stereocenters. The van der Waals surface area contributed by atoms with Gasteiger partial charge in [0.25, 0.3) is 0 Å². The number of carbonyl (C=O) groups is 1. The van der Waals surface area contributed by atoms with Gasteiger partial charge in [-0.1, -0.05) is 17.7 Å². The van der Waals surface area contributed by atoms with E-state index in [1.165, 1.54) is 12.7 Å². The zero-order valence-corrected chi connectivity index (χ0v) is 25.2.